The highest BCUT2D eigenvalue weighted by Gasteiger charge is 2.03. The van der Waals surface area contributed by atoms with Gasteiger partial charge in [-0.25, -0.2) is 0 Å². The molecule has 1 aromatic heterocycles. The number of pyridine rings is 1. The van der Waals surface area contributed by atoms with Crippen molar-refractivity contribution in [3.63, 3.8) is 0 Å². The van der Waals surface area contributed by atoms with Crippen LogP contribution in [0.15, 0.2) is 36.7 Å². The quantitative estimate of drug-likeness (QED) is 0.240. The number of aromatic nitrogens is 1. The zero-order valence-electron chi connectivity index (χ0n) is 17.4. The molecule has 0 atom stereocenters. The lowest BCUT2D eigenvalue weighted by atomic mass is 10.1. The lowest BCUT2D eigenvalue weighted by molar-refractivity contribution is 0.0952. The van der Waals surface area contributed by atoms with Crippen molar-refractivity contribution in [2.24, 2.45) is 0 Å². The smallest absolute Gasteiger partial charge is 0.252 e. The molecule has 1 N–H and O–H groups in total. The first-order valence-electron chi connectivity index (χ1n) is 11.2. The predicted octanol–water partition coefficient (Wildman–Crippen LogP) is 6.85. The Morgan fingerprint density at radius 3 is 2.07 bits per heavy atom. The minimum atomic E-state index is -0.0177. The van der Waals surface area contributed by atoms with Crippen molar-refractivity contribution in [2.75, 3.05) is 6.54 Å². The molecule has 0 saturated carbocycles. The van der Waals surface area contributed by atoms with Crippen molar-refractivity contribution in [2.45, 2.75) is 96.8 Å². The number of hydrogen-bond donors (Lipinski definition) is 1. The molecule has 0 unspecified atom stereocenters. The summed E-state index contributed by atoms with van der Waals surface area (Å²) in [5.41, 5.74) is 0.641. The lowest BCUT2D eigenvalue weighted by Crippen LogP contribution is -2.24. The van der Waals surface area contributed by atoms with Crippen LogP contribution in [0.5, 0.6) is 0 Å². The van der Waals surface area contributed by atoms with Gasteiger partial charge in [-0.05, 0) is 44.2 Å². The third-order valence-corrected chi connectivity index (χ3v) is 4.90. The van der Waals surface area contributed by atoms with Gasteiger partial charge in [-0.1, -0.05) is 76.9 Å². The summed E-state index contributed by atoms with van der Waals surface area (Å²) in [6.45, 7) is 3.03. The second-order valence-electron chi connectivity index (χ2n) is 7.44. The zero-order chi connectivity index (χ0) is 19.4. The molecule has 1 aromatic rings. The van der Waals surface area contributed by atoms with Gasteiger partial charge < -0.3 is 5.32 Å². The van der Waals surface area contributed by atoms with Crippen molar-refractivity contribution in [3.8, 4) is 0 Å². The summed E-state index contributed by atoms with van der Waals surface area (Å²) < 4.78 is 0. The van der Waals surface area contributed by atoms with Crippen LogP contribution in [-0.4, -0.2) is 17.4 Å². The van der Waals surface area contributed by atoms with Crippen LogP contribution >= 0.6 is 0 Å². The molecule has 0 bridgehead atoms. The fourth-order valence-electron chi connectivity index (χ4n) is 3.17. The normalized spacial score (nSPS) is 11.1. The summed E-state index contributed by atoms with van der Waals surface area (Å²) in [5.74, 6) is -0.0177. The van der Waals surface area contributed by atoms with E-state index < -0.39 is 0 Å². The van der Waals surface area contributed by atoms with Crippen LogP contribution in [-0.2, 0) is 0 Å². The number of carbonyl (C=O) groups is 1. The van der Waals surface area contributed by atoms with Crippen LogP contribution in [0.25, 0.3) is 0 Å². The first-order valence-corrected chi connectivity index (χ1v) is 11.2. The molecule has 0 aliphatic carbocycles. The maximum Gasteiger partial charge on any atom is 0.252 e. The van der Waals surface area contributed by atoms with Gasteiger partial charge in [0.05, 0.1) is 5.56 Å². The van der Waals surface area contributed by atoms with Gasteiger partial charge in [0.15, 0.2) is 0 Å². The highest BCUT2D eigenvalue weighted by molar-refractivity contribution is 5.93. The van der Waals surface area contributed by atoms with E-state index in [0.717, 1.165) is 13.0 Å². The van der Waals surface area contributed by atoms with Crippen LogP contribution in [0.2, 0.25) is 0 Å². The largest absolute Gasteiger partial charge is 0.352 e. The van der Waals surface area contributed by atoms with Gasteiger partial charge in [0.2, 0.25) is 0 Å². The highest BCUT2D eigenvalue weighted by atomic mass is 16.1. The standard InChI is InChI=1S/C24H40N2O/c1-2-3-4-5-6-7-8-9-10-11-12-13-14-15-16-17-21-26-24(27)23-19-18-20-25-22-23/h9-10,18-20,22H,2-8,11-17,21H2,1H3,(H,26,27)/b10-9-. The van der Waals surface area contributed by atoms with E-state index in [1.807, 2.05) is 0 Å². The van der Waals surface area contributed by atoms with E-state index in [-0.39, 0.29) is 5.91 Å². The molecule has 0 spiro atoms. The van der Waals surface area contributed by atoms with E-state index in [2.05, 4.69) is 29.4 Å². The number of hydrogen-bond acceptors (Lipinski definition) is 2. The van der Waals surface area contributed by atoms with Gasteiger partial charge in [0.25, 0.3) is 5.91 Å². The molecular weight excluding hydrogens is 332 g/mol. The molecule has 152 valence electrons. The molecule has 0 aromatic carbocycles. The zero-order valence-corrected chi connectivity index (χ0v) is 17.4. The van der Waals surface area contributed by atoms with Crippen molar-refractivity contribution < 1.29 is 4.79 Å². The topological polar surface area (TPSA) is 42.0 Å². The van der Waals surface area contributed by atoms with Crippen LogP contribution in [0, 0.1) is 0 Å². The number of allylic oxidation sites excluding steroid dienone is 2. The average molecular weight is 373 g/mol. The second kappa shape index (κ2) is 17.8. The number of rotatable bonds is 17. The lowest BCUT2D eigenvalue weighted by Gasteiger charge is -2.05. The maximum atomic E-state index is 11.8. The Morgan fingerprint density at radius 1 is 0.889 bits per heavy atom. The van der Waals surface area contributed by atoms with Gasteiger partial charge in [-0.15, -0.1) is 0 Å². The number of nitrogens with zero attached hydrogens (tertiary/aromatic N) is 1. The second-order valence-corrected chi connectivity index (χ2v) is 7.44. The molecule has 3 nitrogen and oxygen atoms in total. The first-order chi connectivity index (χ1) is 13.3. The van der Waals surface area contributed by atoms with Gasteiger partial charge in [0.1, 0.15) is 0 Å². The van der Waals surface area contributed by atoms with E-state index >= 15 is 0 Å². The minimum Gasteiger partial charge on any atom is -0.352 e. The SMILES string of the molecule is CCCCCCCC/C=C\CCCCCCCCNC(=O)c1cccnc1. The summed E-state index contributed by atoms with van der Waals surface area (Å²) in [4.78, 5) is 15.8. The monoisotopic (exact) mass is 372 g/mol. The minimum absolute atomic E-state index is 0.0177. The molecule has 0 aliphatic heterocycles. The molecule has 1 amide bonds. The van der Waals surface area contributed by atoms with E-state index in [4.69, 9.17) is 0 Å². The van der Waals surface area contributed by atoms with Gasteiger partial charge in [-0.2, -0.15) is 0 Å². The third-order valence-electron chi connectivity index (χ3n) is 4.90. The highest BCUT2D eigenvalue weighted by Crippen LogP contribution is 2.09. The Bertz CT molecular complexity index is 484. The average Bonchev–Trinajstić information content (AvgIpc) is 2.70. The summed E-state index contributed by atoms with van der Waals surface area (Å²) in [6.07, 6.45) is 26.3. The Hall–Kier alpha value is -1.64. The number of nitrogens with one attached hydrogen (secondary N) is 1. The molecule has 0 fully saturated rings. The van der Waals surface area contributed by atoms with Gasteiger partial charge >= 0.3 is 0 Å². The number of amides is 1. The maximum absolute atomic E-state index is 11.8. The fraction of sp³-hybridized carbons (Fsp3) is 0.667. The van der Waals surface area contributed by atoms with Crippen molar-refractivity contribution in [3.05, 3.63) is 42.2 Å². The van der Waals surface area contributed by atoms with Crippen LogP contribution < -0.4 is 5.32 Å². The van der Waals surface area contributed by atoms with E-state index in [1.54, 1.807) is 24.5 Å². The summed E-state index contributed by atoms with van der Waals surface area (Å²) in [5, 5.41) is 2.96. The number of carbonyl (C=O) groups excluding carboxylic acids is 1. The van der Waals surface area contributed by atoms with E-state index in [1.165, 1.54) is 83.5 Å². The van der Waals surface area contributed by atoms with Crippen molar-refractivity contribution >= 4 is 5.91 Å². The van der Waals surface area contributed by atoms with Gasteiger partial charge in [-0.3, -0.25) is 9.78 Å². The Labute approximate surface area is 167 Å². The third kappa shape index (κ3) is 14.1. The van der Waals surface area contributed by atoms with Crippen molar-refractivity contribution in [1.29, 1.82) is 0 Å². The van der Waals surface area contributed by atoms with Crippen LogP contribution in [0.3, 0.4) is 0 Å². The predicted molar refractivity (Wildman–Crippen MR) is 116 cm³/mol. The van der Waals surface area contributed by atoms with Crippen molar-refractivity contribution in [1.82, 2.24) is 10.3 Å². The Balaban J connectivity index is 1.80. The molecule has 3 heteroatoms. The van der Waals surface area contributed by atoms with E-state index in [0.29, 0.717) is 5.56 Å². The first kappa shape index (κ1) is 23.4. The Kier molecular flexibility index (Phi) is 15.4. The summed E-state index contributed by atoms with van der Waals surface area (Å²) in [6, 6.07) is 3.59. The van der Waals surface area contributed by atoms with Crippen LogP contribution in [0.4, 0.5) is 0 Å². The molecule has 27 heavy (non-hydrogen) atoms. The Morgan fingerprint density at radius 2 is 1.48 bits per heavy atom. The fourth-order valence-corrected chi connectivity index (χ4v) is 3.17. The molecule has 1 rings (SSSR count). The van der Waals surface area contributed by atoms with Crippen LogP contribution in [0.1, 0.15) is 107 Å². The summed E-state index contributed by atoms with van der Waals surface area (Å²) in [7, 11) is 0. The summed E-state index contributed by atoms with van der Waals surface area (Å²) >= 11 is 0. The molecule has 1 heterocycles. The van der Waals surface area contributed by atoms with E-state index in [9.17, 15) is 4.79 Å². The van der Waals surface area contributed by atoms with Gasteiger partial charge in [0, 0.05) is 18.9 Å². The molecular formula is C24H40N2O. The molecule has 0 aliphatic rings. The molecule has 0 radical (unpaired) electrons. The number of unbranched alkanes of at least 4 members (excludes halogenated alkanes) is 12. The molecule has 0 saturated heterocycles.